The molecule has 0 aromatic heterocycles. The Kier molecular flexibility index (Phi) is 7.48. The Morgan fingerprint density at radius 3 is 2.19 bits per heavy atom. The Morgan fingerprint density at radius 2 is 1.48 bits per heavy atom. The van der Waals surface area contributed by atoms with Gasteiger partial charge in [0.25, 0.3) is 5.91 Å². The molecule has 7 nitrogen and oxygen atoms in total. The zero-order valence-corrected chi connectivity index (χ0v) is 17.5. The number of benzene rings is 3. The van der Waals surface area contributed by atoms with Crippen molar-refractivity contribution in [1.82, 2.24) is 5.32 Å². The van der Waals surface area contributed by atoms with E-state index in [1.165, 1.54) is 0 Å². The smallest absolute Gasteiger partial charge is 0.255 e. The lowest BCUT2D eigenvalue weighted by Gasteiger charge is -2.14. The van der Waals surface area contributed by atoms with Crippen molar-refractivity contribution in [3.05, 3.63) is 83.9 Å². The first-order valence-electron chi connectivity index (χ1n) is 9.77. The highest BCUT2D eigenvalue weighted by Gasteiger charge is 2.10. The van der Waals surface area contributed by atoms with Gasteiger partial charge in [0.1, 0.15) is 0 Å². The summed E-state index contributed by atoms with van der Waals surface area (Å²) in [6, 6.07) is 21.7. The summed E-state index contributed by atoms with van der Waals surface area (Å²) in [5.41, 5.74) is 2.71. The van der Waals surface area contributed by atoms with Crippen LogP contribution in [0, 0.1) is 0 Å². The van der Waals surface area contributed by atoms with E-state index in [4.69, 9.17) is 9.47 Å². The third-order valence-electron chi connectivity index (χ3n) is 4.59. The van der Waals surface area contributed by atoms with E-state index in [2.05, 4.69) is 16.0 Å². The van der Waals surface area contributed by atoms with Crippen molar-refractivity contribution in [1.29, 1.82) is 0 Å². The second kappa shape index (κ2) is 10.7. The summed E-state index contributed by atoms with van der Waals surface area (Å²) in [4.78, 5) is 24.7. The normalized spacial score (nSPS) is 10.1. The molecule has 0 saturated heterocycles. The standard InChI is InChI=1S/C24H25N3O4/c1-30-21-13-12-17(14-22(21)31-2)15-26-23(28)16-25-19-10-6-7-11-20(19)27-24(29)18-8-4-3-5-9-18/h3-14,25H,15-16H2,1-2H3,(H,26,28)(H,27,29). The van der Waals surface area contributed by atoms with Crippen LogP contribution in [0.3, 0.4) is 0 Å². The summed E-state index contributed by atoms with van der Waals surface area (Å²) < 4.78 is 10.5. The third kappa shape index (κ3) is 5.99. The molecule has 0 saturated carbocycles. The van der Waals surface area contributed by atoms with Crippen molar-refractivity contribution >= 4 is 23.2 Å². The van der Waals surface area contributed by atoms with Gasteiger partial charge in [-0.05, 0) is 42.0 Å². The Morgan fingerprint density at radius 1 is 0.806 bits per heavy atom. The molecule has 0 aliphatic carbocycles. The maximum absolute atomic E-state index is 12.4. The Hall–Kier alpha value is -4.00. The van der Waals surface area contributed by atoms with Gasteiger partial charge in [-0.3, -0.25) is 9.59 Å². The molecular weight excluding hydrogens is 394 g/mol. The van der Waals surface area contributed by atoms with Crippen LogP contribution < -0.4 is 25.4 Å². The monoisotopic (exact) mass is 419 g/mol. The summed E-state index contributed by atoms with van der Waals surface area (Å²) in [6.07, 6.45) is 0. The first-order valence-corrected chi connectivity index (χ1v) is 9.77. The highest BCUT2D eigenvalue weighted by Crippen LogP contribution is 2.27. The van der Waals surface area contributed by atoms with Crippen LogP contribution in [-0.2, 0) is 11.3 Å². The van der Waals surface area contributed by atoms with Crippen molar-refractivity contribution in [2.45, 2.75) is 6.54 Å². The second-order valence-electron chi connectivity index (χ2n) is 6.69. The van der Waals surface area contributed by atoms with E-state index in [0.29, 0.717) is 35.0 Å². The maximum Gasteiger partial charge on any atom is 0.255 e. The summed E-state index contributed by atoms with van der Waals surface area (Å²) >= 11 is 0. The highest BCUT2D eigenvalue weighted by atomic mass is 16.5. The predicted molar refractivity (Wildman–Crippen MR) is 121 cm³/mol. The topological polar surface area (TPSA) is 88.7 Å². The molecule has 3 aromatic carbocycles. The molecule has 0 heterocycles. The molecule has 31 heavy (non-hydrogen) atoms. The number of hydrogen-bond donors (Lipinski definition) is 3. The van der Waals surface area contributed by atoms with Gasteiger partial charge in [0, 0.05) is 12.1 Å². The molecule has 0 spiro atoms. The number of anilines is 2. The molecule has 7 heteroatoms. The van der Waals surface area contributed by atoms with Crippen LogP contribution in [0.5, 0.6) is 11.5 Å². The van der Waals surface area contributed by atoms with Gasteiger partial charge in [0.15, 0.2) is 11.5 Å². The minimum absolute atomic E-state index is 0.0610. The zero-order valence-electron chi connectivity index (χ0n) is 17.5. The molecule has 0 aliphatic heterocycles. The SMILES string of the molecule is COc1ccc(CNC(=O)CNc2ccccc2NC(=O)c2ccccc2)cc1OC. The minimum Gasteiger partial charge on any atom is -0.493 e. The van der Waals surface area contributed by atoms with Crippen LogP contribution >= 0.6 is 0 Å². The van der Waals surface area contributed by atoms with Crippen LogP contribution in [0.25, 0.3) is 0 Å². The lowest BCUT2D eigenvalue weighted by Crippen LogP contribution is -2.29. The molecule has 160 valence electrons. The molecular formula is C24H25N3O4. The van der Waals surface area contributed by atoms with Crippen molar-refractivity contribution < 1.29 is 19.1 Å². The minimum atomic E-state index is -0.215. The number of rotatable bonds is 9. The lowest BCUT2D eigenvalue weighted by atomic mass is 10.2. The summed E-state index contributed by atoms with van der Waals surface area (Å²) in [7, 11) is 3.14. The van der Waals surface area contributed by atoms with Crippen LogP contribution in [0.15, 0.2) is 72.8 Å². The van der Waals surface area contributed by atoms with E-state index < -0.39 is 0 Å². The van der Waals surface area contributed by atoms with Crippen molar-refractivity contribution in [2.24, 2.45) is 0 Å². The van der Waals surface area contributed by atoms with E-state index in [1.807, 2.05) is 48.5 Å². The quantitative estimate of drug-likeness (QED) is 0.492. The number of carbonyl (C=O) groups excluding carboxylic acids is 2. The van der Waals surface area contributed by atoms with Crippen LogP contribution in [0.2, 0.25) is 0 Å². The van der Waals surface area contributed by atoms with Crippen molar-refractivity contribution in [3.8, 4) is 11.5 Å². The largest absolute Gasteiger partial charge is 0.493 e. The van der Waals surface area contributed by atoms with E-state index in [9.17, 15) is 9.59 Å². The summed E-state index contributed by atoms with van der Waals surface area (Å²) in [6.45, 7) is 0.415. The number of amides is 2. The fourth-order valence-electron chi connectivity index (χ4n) is 2.96. The van der Waals surface area contributed by atoms with E-state index >= 15 is 0 Å². The van der Waals surface area contributed by atoms with Crippen molar-refractivity contribution in [2.75, 3.05) is 31.4 Å². The third-order valence-corrected chi connectivity index (χ3v) is 4.59. The van der Waals surface area contributed by atoms with E-state index in [0.717, 1.165) is 5.56 Å². The van der Waals surface area contributed by atoms with Gasteiger partial charge >= 0.3 is 0 Å². The molecule has 0 radical (unpaired) electrons. The molecule has 0 unspecified atom stereocenters. The first kappa shape index (κ1) is 21.7. The fraction of sp³-hybridized carbons (Fsp3) is 0.167. The van der Waals surface area contributed by atoms with Crippen LogP contribution in [0.1, 0.15) is 15.9 Å². The van der Waals surface area contributed by atoms with E-state index in [-0.39, 0.29) is 18.4 Å². The number of ether oxygens (including phenoxy) is 2. The summed E-state index contributed by atoms with van der Waals surface area (Å²) in [5, 5.41) is 8.81. The lowest BCUT2D eigenvalue weighted by molar-refractivity contribution is -0.119. The molecule has 3 rings (SSSR count). The number of para-hydroxylation sites is 2. The van der Waals surface area contributed by atoms with E-state index in [1.54, 1.807) is 38.5 Å². The molecule has 2 amide bonds. The Balaban J connectivity index is 1.55. The van der Waals surface area contributed by atoms with Gasteiger partial charge in [-0.1, -0.05) is 36.4 Å². The molecule has 3 N–H and O–H groups in total. The molecule has 3 aromatic rings. The molecule has 0 atom stereocenters. The number of nitrogens with one attached hydrogen (secondary N) is 3. The van der Waals surface area contributed by atoms with Gasteiger partial charge in [-0.2, -0.15) is 0 Å². The number of carbonyl (C=O) groups is 2. The average molecular weight is 419 g/mol. The van der Waals surface area contributed by atoms with Crippen molar-refractivity contribution in [3.63, 3.8) is 0 Å². The number of methoxy groups -OCH3 is 2. The van der Waals surface area contributed by atoms with Gasteiger partial charge in [-0.15, -0.1) is 0 Å². The molecule has 0 bridgehead atoms. The van der Waals surface area contributed by atoms with Gasteiger partial charge in [0.2, 0.25) is 5.91 Å². The zero-order chi connectivity index (χ0) is 22.1. The first-order chi connectivity index (χ1) is 15.1. The van der Waals surface area contributed by atoms with Gasteiger partial charge < -0.3 is 25.4 Å². The number of hydrogen-bond acceptors (Lipinski definition) is 5. The fourth-order valence-corrected chi connectivity index (χ4v) is 2.96. The maximum atomic E-state index is 12.4. The molecule has 0 fully saturated rings. The Labute approximate surface area is 181 Å². The summed E-state index contributed by atoms with van der Waals surface area (Å²) in [5.74, 6) is 0.843. The highest BCUT2D eigenvalue weighted by molar-refractivity contribution is 6.06. The van der Waals surface area contributed by atoms with Gasteiger partial charge in [0.05, 0.1) is 32.1 Å². The predicted octanol–water partition coefficient (Wildman–Crippen LogP) is 3.68. The second-order valence-corrected chi connectivity index (χ2v) is 6.69. The average Bonchev–Trinajstić information content (AvgIpc) is 2.82. The van der Waals surface area contributed by atoms with Crippen LogP contribution in [-0.4, -0.2) is 32.6 Å². The molecule has 0 aliphatic rings. The van der Waals surface area contributed by atoms with Gasteiger partial charge in [-0.25, -0.2) is 0 Å². The Bertz CT molecular complexity index is 1040. The van der Waals surface area contributed by atoms with Crippen LogP contribution in [0.4, 0.5) is 11.4 Å².